The Hall–Kier alpha value is -2.74. The van der Waals surface area contributed by atoms with E-state index in [9.17, 15) is 18.0 Å². The fourth-order valence-corrected chi connectivity index (χ4v) is 2.55. The number of hydrogen-bond donors (Lipinski definition) is 1. The topological polar surface area (TPSA) is 68.3 Å². The SMILES string of the molecule is Cc1cc(NC(=O)c2cc(-c3cc(C(F)(F)F)ccc3Cl)oc2C)no1. The minimum Gasteiger partial charge on any atom is -0.460 e. The van der Waals surface area contributed by atoms with E-state index in [0.717, 1.165) is 18.2 Å². The molecule has 0 spiro atoms. The molecule has 3 rings (SSSR count). The van der Waals surface area contributed by atoms with Crippen molar-refractivity contribution in [2.45, 2.75) is 20.0 Å². The minimum atomic E-state index is -4.52. The van der Waals surface area contributed by atoms with E-state index in [1.165, 1.54) is 19.1 Å². The van der Waals surface area contributed by atoms with Gasteiger partial charge in [0.1, 0.15) is 17.3 Å². The van der Waals surface area contributed by atoms with E-state index >= 15 is 0 Å². The van der Waals surface area contributed by atoms with E-state index < -0.39 is 17.6 Å². The summed E-state index contributed by atoms with van der Waals surface area (Å²) < 4.78 is 49.1. The molecule has 2 aromatic heterocycles. The number of carbonyl (C=O) groups excluding carboxylic acids is 1. The zero-order valence-electron chi connectivity index (χ0n) is 13.6. The molecular formula is C17H12ClF3N2O3. The van der Waals surface area contributed by atoms with E-state index in [-0.39, 0.29) is 33.5 Å². The number of carbonyl (C=O) groups is 1. The highest BCUT2D eigenvalue weighted by Crippen LogP contribution is 2.37. The van der Waals surface area contributed by atoms with Crippen LogP contribution >= 0.6 is 11.6 Å². The summed E-state index contributed by atoms with van der Waals surface area (Å²) >= 11 is 6.00. The van der Waals surface area contributed by atoms with Crippen molar-refractivity contribution in [3.63, 3.8) is 0 Å². The molecule has 5 nitrogen and oxygen atoms in total. The van der Waals surface area contributed by atoms with Gasteiger partial charge in [0.05, 0.1) is 16.1 Å². The van der Waals surface area contributed by atoms with Crippen LogP contribution in [0.25, 0.3) is 11.3 Å². The van der Waals surface area contributed by atoms with Gasteiger partial charge in [0.2, 0.25) is 0 Å². The summed E-state index contributed by atoms with van der Waals surface area (Å²) in [6.07, 6.45) is -4.52. The lowest BCUT2D eigenvalue weighted by Gasteiger charge is -2.09. The Balaban J connectivity index is 1.94. The number of rotatable bonds is 3. The smallest absolute Gasteiger partial charge is 0.416 e. The molecule has 0 saturated heterocycles. The van der Waals surface area contributed by atoms with Crippen molar-refractivity contribution in [2.75, 3.05) is 5.32 Å². The Kier molecular flexibility index (Phi) is 4.53. The van der Waals surface area contributed by atoms with Gasteiger partial charge in [-0.15, -0.1) is 0 Å². The van der Waals surface area contributed by atoms with E-state index in [4.69, 9.17) is 20.5 Å². The van der Waals surface area contributed by atoms with Gasteiger partial charge in [-0.25, -0.2) is 0 Å². The predicted molar refractivity (Wildman–Crippen MR) is 88.1 cm³/mol. The maximum Gasteiger partial charge on any atom is 0.416 e. The standard InChI is InChI=1S/C17H12ClF3N2O3/c1-8-5-15(23-26-8)22-16(24)11-7-14(25-9(11)2)12-6-10(17(19,20)21)3-4-13(12)18/h3-7H,1-2H3,(H,22,23,24). The molecule has 1 N–H and O–H groups in total. The molecule has 0 fully saturated rings. The van der Waals surface area contributed by atoms with Crippen LogP contribution in [0.4, 0.5) is 19.0 Å². The molecule has 0 aliphatic carbocycles. The Morgan fingerprint density at radius 3 is 2.54 bits per heavy atom. The minimum absolute atomic E-state index is 0.0425. The van der Waals surface area contributed by atoms with Crippen LogP contribution in [0, 0.1) is 13.8 Å². The first-order chi connectivity index (χ1) is 12.1. The molecule has 0 aliphatic heterocycles. The number of benzene rings is 1. The third-order valence-corrected chi connectivity index (χ3v) is 3.92. The van der Waals surface area contributed by atoms with Gasteiger partial charge in [-0.2, -0.15) is 13.2 Å². The second-order valence-corrected chi connectivity index (χ2v) is 5.96. The van der Waals surface area contributed by atoms with Crippen LogP contribution in [0.3, 0.4) is 0 Å². The lowest BCUT2D eigenvalue weighted by atomic mass is 10.1. The van der Waals surface area contributed by atoms with Gasteiger partial charge in [-0.3, -0.25) is 4.79 Å². The normalized spacial score (nSPS) is 11.6. The predicted octanol–water partition coefficient (Wildman–Crippen LogP) is 5.48. The molecule has 9 heteroatoms. The van der Waals surface area contributed by atoms with Crippen LogP contribution in [0.2, 0.25) is 5.02 Å². The van der Waals surface area contributed by atoms with Crippen molar-refractivity contribution in [3.05, 3.63) is 58.0 Å². The Labute approximate surface area is 150 Å². The number of halogens is 4. The average Bonchev–Trinajstić information content (AvgIpc) is 3.12. The maximum absolute atomic E-state index is 12.9. The summed E-state index contributed by atoms with van der Waals surface area (Å²) in [5, 5.41) is 6.24. The second-order valence-electron chi connectivity index (χ2n) is 5.55. The van der Waals surface area contributed by atoms with Gasteiger partial charge in [0, 0.05) is 11.6 Å². The number of furan rings is 1. The molecule has 0 aliphatic rings. The molecule has 0 saturated carbocycles. The van der Waals surface area contributed by atoms with Gasteiger partial charge in [0.25, 0.3) is 5.91 Å². The number of aromatic nitrogens is 1. The third-order valence-electron chi connectivity index (χ3n) is 3.59. The number of nitrogens with zero attached hydrogens (tertiary/aromatic N) is 1. The molecular weight excluding hydrogens is 373 g/mol. The van der Waals surface area contributed by atoms with Gasteiger partial charge in [-0.1, -0.05) is 16.8 Å². The number of aryl methyl sites for hydroxylation is 2. The molecule has 0 atom stereocenters. The summed E-state index contributed by atoms with van der Waals surface area (Å²) in [7, 11) is 0. The van der Waals surface area contributed by atoms with Crippen molar-refractivity contribution >= 4 is 23.3 Å². The Bertz CT molecular complexity index is 976. The molecule has 136 valence electrons. The molecule has 1 amide bonds. The average molecular weight is 385 g/mol. The lowest BCUT2D eigenvalue weighted by Crippen LogP contribution is -2.12. The van der Waals surface area contributed by atoms with Crippen LogP contribution in [0.1, 0.15) is 27.4 Å². The third kappa shape index (κ3) is 3.60. The molecule has 1 aromatic carbocycles. The van der Waals surface area contributed by atoms with E-state index in [1.54, 1.807) is 6.92 Å². The van der Waals surface area contributed by atoms with Crippen molar-refractivity contribution in [3.8, 4) is 11.3 Å². The molecule has 26 heavy (non-hydrogen) atoms. The molecule has 0 radical (unpaired) electrons. The van der Waals surface area contributed by atoms with E-state index in [2.05, 4.69) is 10.5 Å². The number of alkyl halides is 3. The Morgan fingerprint density at radius 2 is 1.92 bits per heavy atom. The highest BCUT2D eigenvalue weighted by Gasteiger charge is 2.31. The summed E-state index contributed by atoms with van der Waals surface area (Å²) in [5.74, 6) is 0.479. The first-order valence-corrected chi connectivity index (χ1v) is 7.75. The first kappa shape index (κ1) is 18.1. The first-order valence-electron chi connectivity index (χ1n) is 7.37. The van der Waals surface area contributed by atoms with Gasteiger partial charge < -0.3 is 14.3 Å². The van der Waals surface area contributed by atoms with Crippen molar-refractivity contribution in [1.29, 1.82) is 0 Å². The van der Waals surface area contributed by atoms with Crippen LogP contribution in [0.15, 0.2) is 39.3 Å². The van der Waals surface area contributed by atoms with Crippen LogP contribution in [0.5, 0.6) is 0 Å². The molecule has 0 bridgehead atoms. The number of amides is 1. The summed E-state index contributed by atoms with van der Waals surface area (Å²) in [4.78, 5) is 12.3. The number of nitrogens with one attached hydrogen (secondary N) is 1. The van der Waals surface area contributed by atoms with Crippen molar-refractivity contribution < 1.29 is 26.9 Å². The Morgan fingerprint density at radius 1 is 1.19 bits per heavy atom. The quantitative estimate of drug-likeness (QED) is 0.649. The lowest BCUT2D eigenvalue weighted by molar-refractivity contribution is -0.137. The zero-order chi connectivity index (χ0) is 19.1. The highest BCUT2D eigenvalue weighted by atomic mass is 35.5. The van der Waals surface area contributed by atoms with Crippen molar-refractivity contribution in [1.82, 2.24) is 5.16 Å². The summed E-state index contributed by atoms with van der Waals surface area (Å²) in [6.45, 7) is 3.19. The monoisotopic (exact) mass is 384 g/mol. The fourth-order valence-electron chi connectivity index (χ4n) is 2.34. The summed E-state index contributed by atoms with van der Waals surface area (Å²) in [6, 6.07) is 5.75. The van der Waals surface area contributed by atoms with Gasteiger partial charge >= 0.3 is 6.18 Å². The van der Waals surface area contributed by atoms with Crippen LogP contribution in [-0.4, -0.2) is 11.1 Å². The van der Waals surface area contributed by atoms with Crippen LogP contribution < -0.4 is 5.32 Å². The van der Waals surface area contributed by atoms with E-state index in [0.29, 0.717) is 5.76 Å². The summed E-state index contributed by atoms with van der Waals surface area (Å²) in [5.41, 5.74) is -0.676. The largest absolute Gasteiger partial charge is 0.460 e. The van der Waals surface area contributed by atoms with Gasteiger partial charge in [-0.05, 0) is 38.1 Å². The fraction of sp³-hybridized carbons (Fsp3) is 0.176. The molecule has 0 unspecified atom stereocenters. The zero-order valence-corrected chi connectivity index (χ0v) is 14.3. The highest BCUT2D eigenvalue weighted by molar-refractivity contribution is 6.33. The second kappa shape index (κ2) is 6.53. The molecule has 3 aromatic rings. The van der Waals surface area contributed by atoms with Crippen LogP contribution in [-0.2, 0) is 6.18 Å². The number of hydrogen-bond acceptors (Lipinski definition) is 4. The van der Waals surface area contributed by atoms with Crippen molar-refractivity contribution in [2.24, 2.45) is 0 Å². The molecule has 2 heterocycles. The van der Waals surface area contributed by atoms with Gasteiger partial charge in [0.15, 0.2) is 5.82 Å². The van der Waals surface area contributed by atoms with E-state index in [1.807, 2.05) is 0 Å². The maximum atomic E-state index is 12.9. The number of anilines is 1.